The Balaban J connectivity index is 2.30. The van der Waals surface area contributed by atoms with Crippen molar-refractivity contribution >= 4 is 23.5 Å². The zero-order valence-electron chi connectivity index (χ0n) is 8.81. The molecule has 0 spiro atoms. The second-order valence-electron chi connectivity index (χ2n) is 3.34. The van der Waals surface area contributed by atoms with E-state index in [0.717, 1.165) is 5.56 Å². The van der Waals surface area contributed by atoms with Gasteiger partial charge in [0.05, 0.1) is 20.2 Å². The van der Waals surface area contributed by atoms with E-state index >= 15 is 0 Å². The lowest BCUT2D eigenvalue weighted by atomic mass is 10.2. The number of rotatable bonds is 1. The van der Waals surface area contributed by atoms with Crippen LogP contribution in [0.2, 0.25) is 5.02 Å². The van der Waals surface area contributed by atoms with E-state index in [2.05, 4.69) is 9.73 Å². The Hall–Kier alpha value is -1.55. The molecule has 0 unspecified atom stereocenters. The van der Waals surface area contributed by atoms with Crippen LogP contribution >= 0.6 is 11.6 Å². The first-order valence-electron chi connectivity index (χ1n) is 4.88. The van der Waals surface area contributed by atoms with Crippen LogP contribution in [0, 0.1) is 0 Å². The third-order valence-corrected chi connectivity index (χ3v) is 2.55. The SMILES string of the molecule is COC(=O)N1CCN=C1c1cccc(Cl)c1. The van der Waals surface area contributed by atoms with E-state index in [1.54, 1.807) is 12.1 Å². The Kier molecular flexibility index (Phi) is 3.10. The van der Waals surface area contributed by atoms with Gasteiger partial charge < -0.3 is 4.74 Å². The molecule has 2 rings (SSSR count). The van der Waals surface area contributed by atoms with Gasteiger partial charge in [-0.1, -0.05) is 23.7 Å². The lowest BCUT2D eigenvalue weighted by molar-refractivity contribution is 0.149. The van der Waals surface area contributed by atoms with Crippen LogP contribution in [0.3, 0.4) is 0 Å². The van der Waals surface area contributed by atoms with Gasteiger partial charge in [0.2, 0.25) is 0 Å². The smallest absolute Gasteiger partial charge is 0.415 e. The van der Waals surface area contributed by atoms with Crippen molar-refractivity contribution in [3.63, 3.8) is 0 Å². The molecule has 0 aliphatic carbocycles. The number of hydrogen-bond acceptors (Lipinski definition) is 3. The first kappa shape index (κ1) is 11.0. The van der Waals surface area contributed by atoms with Gasteiger partial charge in [-0.25, -0.2) is 4.79 Å². The Morgan fingerprint density at radius 2 is 2.38 bits per heavy atom. The number of hydrogen-bond donors (Lipinski definition) is 0. The molecule has 5 heteroatoms. The number of benzene rings is 1. The van der Waals surface area contributed by atoms with E-state index in [-0.39, 0.29) is 0 Å². The summed E-state index contributed by atoms with van der Waals surface area (Å²) in [6, 6.07) is 7.25. The van der Waals surface area contributed by atoms with Crippen LogP contribution in [0.1, 0.15) is 5.56 Å². The molecule has 0 fully saturated rings. The Labute approximate surface area is 98.5 Å². The minimum Gasteiger partial charge on any atom is -0.452 e. The maximum absolute atomic E-state index is 11.5. The van der Waals surface area contributed by atoms with Gasteiger partial charge in [-0.2, -0.15) is 0 Å². The van der Waals surface area contributed by atoms with Gasteiger partial charge in [0, 0.05) is 10.6 Å². The van der Waals surface area contributed by atoms with Gasteiger partial charge in [-0.3, -0.25) is 9.89 Å². The third kappa shape index (κ3) is 2.02. The van der Waals surface area contributed by atoms with Crippen molar-refractivity contribution in [1.29, 1.82) is 0 Å². The van der Waals surface area contributed by atoms with Crippen LogP contribution in [-0.4, -0.2) is 37.0 Å². The number of amides is 1. The molecule has 16 heavy (non-hydrogen) atoms. The van der Waals surface area contributed by atoms with Crippen molar-refractivity contribution in [1.82, 2.24) is 4.90 Å². The normalized spacial score (nSPS) is 14.9. The van der Waals surface area contributed by atoms with Crippen molar-refractivity contribution in [2.75, 3.05) is 20.2 Å². The molecule has 84 valence electrons. The maximum Gasteiger partial charge on any atom is 0.415 e. The molecule has 0 saturated carbocycles. The summed E-state index contributed by atoms with van der Waals surface area (Å²) in [5.74, 6) is 0.620. The first-order valence-corrected chi connectivity index (χ1v) is 5.26. The average molecular weight is 239 g/mol. The molecule has 0 N–H and O–H groups in total. The third-order valence-electron chi connectivity index (χ3n) is 2.32. The van der Waals surface area contributed by atoms with Gasteiger partial charge in [-0.05, 0) is 12.1 Å². The van der Waals surface area contributed by atoms with Crippen molar-refractivity contribution in [2.45, 2.75) is 0 Å². The molecule has 0 aromatic heterocycles. The van der Waals surface area contributed by atoms with Gasteiger partial charge in [0.15, 0.2) is 0 Å². The average Bonchev–Trinajstić information content (AvgIpc) is 2.77. The molecule has 0 radical (unpaired) electrons. The number of nitrogens with zero attached hydrogens (tertiary/aromatic N) is 2. The molecule has 1 aliphatic rings. The molecule has 1 heterocycles. The largest absolute Gasteiger partial charge is 0.452 e. The predicted octanol–water partition coefficient (Wildman–Crippen LogP) is 2.17. The molecule has 0 atom stereocenters. The van der Waals surface area contributed by atoms with E-state index in [0.29, 0.717) is 23.9 Å². The Morgan fingerprint density at radius 1 is 1.56 bits per heavy atom. The predicted molar refractivity (Wildman–Crippen MR) is 62.0 cm³/mol. The van der Waals surface area contributed by atoms with E-state index in [4.69, 9.17) is 11.6 Å². The van der Waals surface area contributed by atoms with Gasteiger partial charge >= 0.3 is 6.09 Å². The highest BCUT2D eigenvalue weighted by atomic mass is 35.5. The minimum absolute atomic E-state index is 0.392. The highest BCUT2D eigenvalue weighted by molar-refractivity contribution is 6.31. The van der Waals surface area contributed by atoms with E-state index in [9.17, 15) is 4.79 Å². The lowest BCUT2D eigenvalue weighted by Crippen LogP contribution is -2.34. The van der Waals surface area contributed by atoms with Crippen molar-refractivity contribution in [3.8, 4) is 0 Å². The second kappa shape index (κ2) is 4.53. The standard InChI is InChI=1S/C11H11ClN2O2/c1-16-11(15)14-6-5-13-10(14)8-3-2-4-9(12)7-8/h2-4,7H,5-6H2,1H3. The van der Waals surface area contributed by atoms with Crippen LogP contribution in [0.25, 0.3) is 0 Å². The molecule has 0 saturated heterocycles. The number of ether oxygens (including phenoxy) is 1. The molecule has 0 bridgehead atoms. The van der Waals surface area contributed by atoms with E-state index in [1.165, 1.54) is 12.0 Å². The van der Waals surface area contributed by atoms with Crippen molar-refractivity contribution in [3.05, 3.63) is 34.9 Å². The molecule has 1 aliphatic heterocycles. The van der Waals surface area contributed by atoms with Crippen molar-refractivity contribution in [2.24, 2.45) is 4.99 Å². The van der Waals surface area contributed by atoms with Gasteiger partial charge in [0.25, 0.3) is 0 Å². The summed E-state index contributed by atoms with van der Waals surface area (Å²) >= 11 is 5.89. The van der Waals surface area contributed by atoms with Crippen LogP contribution in [-0.2, 0) is 4.74 Å². The maximum atomic E-state index is 11.5. The summed E-state index contributed by atoms with van der Waals surface area (Å²) in [4.78, 5) is 17.3. The summed E-state index contributed by atoms with van der Waals surface area (Å²) in [7, 11) is 1.36. The number of carbonyl (C=O) groups is 1. The molecular formula is C11H11ClN2O2. The molecule has 4 nitrogen and oxygen atoms in total. The number of methoxy groups -OCH3 is 1. The highest BCUT2D eigenvalue weighted by Gasteiger charge is 2.25. The zero-order chi connectivity index (χ0) is 11.5. The number of aliphatic imine (C=N–C) groups is 1. The first-order chi connectivity index (χ1) is 7.72. The summed E-state index contributed by atoms with van der Waals surface area (Å²) in [5.41, 5.74) is 0.829. The van der Waals surface area contributed by atoms with Crippen LogP contribution in [0.15, 0.2) is 29.3 Å². The highest BCUT2D eigenvalue weighted by Crippen LogP contribution is 2.16. The van der Waals surface area contributed by atoms with Crippen LogP contribution in [0.5, 0.6) is 0 Å². The fourth-order valence-electron chi connectivity index (χ4n) is 1.61. The summed E-state index contributed by atoms with van der Waals surface area (Å²) < 4.78 is 4.69. The number of carbonyl (C=O) groups excluding carboxylic acids is 1. The molecule has 1 aromatic carbocycles. The van der Waals surface area contributed by atoms with Gasteiger partial charge in [-0.15, -0.1) is 0 Å². The second-order valence-corrected chi connectivity index (χ2v) is 3.77. The molecule has 1 amide bonds. The summed E-state index contributed by atoms with van der Waals surface area (Å²) in [5, 5.41) is 0.622. The minimum atomic E-state index is -0.392. The number of halogens is 1. The van der Waals surface area contributed by atoms with Gasteiger partial charge in [0.1, 0.15) is 5.84 Å². The summed E-state index contributed by atoms with van der Waals surface area (Å²) in [6.07, 6.45) is -0.392. The topological polar surface area (TPSA) is 41.9 Å². The Morgan fingerprint density at radius 3 is 3.06 bits per heavy atom. The molecular weight excluding hydrogens is 228 g/mol. The van der Waals surface area contributed by atoms with E-state index in [1.807, 2.05) is 12.1 Å². The monoisotopic (exact) mass is 238 g/mol. The fraction of sp³-hybridized carbons (Fsp3) is 0.273. The Bertz CT molecular complexity index is 445. The van der Waals surface area contributed by atoms with E-state index < -0.39 is 6.09 Å². The zero-order valence-corrected chi connectivity index (χ0v) is 9.57. The molecule has 1 aromatic rings. The quantitative estimate of drug-likeness (QED) is 0.753. The summed E-state index contributed by atoms with van der Waals surface area (Å²) in [6.45, 7) is 1.14. The van der Waals surface area contributed by atoms with Crippen molar-refractivity contribution < 1.29 is 9.53 Å². The van der Waals surface area contributed by atoms with Crippen LogP contribution in [0.4, 0.5) is 4.79 Å². The fourth-order valence-corrected chi connectivity index (χ4v) is 1.80. The number of amidine groups is 1. The lowest BCUT2D eigenvalue weighted by Gasteiger charge is -2.16. The van der Waals surface area contributed by atoms with Crippen LogP contribution < -0.4 is 0 Å².